The monoisotopic (exact) mass is 457 g/mol. The number of anilines is 1. The summed E-state index contributed by atoms with van der Waals surface area (Å²) in [5.74, 6) is 1.20. The van der Waals surface area contributed by atoms with Gasteiger partial charge in [-0.2, -0.15) is 0 Å². The number of rotatable bonds is 5. The molecule has 176 valence electrons. The van der Waals surface area contributed by atoms with E-state index in [-0.39, 0.29) is 0 Å². The van der Waals surface area contributed by atoms with E-state index in [2.05, 4.69) is 97.3 Å². The number of hydrogen-bond acceptors (Lipinski definition) is 1. The van der Waals surface area contributed by atoms with Crippen molar-refractivity contribution < 1.29 is 0 Å². The number of benzene rings is 3. The largest absolute Gasteiger partial charge is 0.320 e. The van der Waals surface area contributed by atoms with E-state index in [0.717, 1.165) is 18.8 Å². The second-order valence-electron chi connectivity index (χ2n) is 10.5. The molecule has 0 bridgehead atoms. The Morgan fingerprint density at radius 3 is 2.43 bits per heavy atom. The Labute approximate surface area is 210 Å². The van der Waals surface area contributed by atoms with Crippen molar-refractivity contribution in [3.8, 4) is 11.1 Å². The molecule has 0 aromatic heterocycles. The van der Waals surface area contributed by atoms with Crippen molar-refractivity contribution in [2.24, 2.45) is 5.92 Å². The van der Waals surface area contributed by atoms with Gasteiger partial charge in [-0.15, -0.1) is 0 Å². The van der Waals surface area contributed by atoms with Gasteiger partial charge in [-0.05, 0) is 72.4 Å². The molecule has 1 saturated carbocycles. The predicted molar refractivity (Wildman–Crippen MR) is 149 cm³/mol. The van der Waals surface area contributed by atoms with Crippen LogP contribution < -0.4 is 4.90 Å². The molecule has 0 saturated heterocycles. The van der Waals surface area contributed by atoms with Gasteiger partial charge in [0.2, 0.25) is 0 Å². The van der Waals surface area contributed by atoms with Crippen molar-refractivity contribution in [1.82, 2.24) is 0 Å². The van der Waals surface area contributed by atoms with Crippen LogP contribution in [0.15, 0.2) is 103 Å². The normalized spacial score (nSPS) is 19.6. The minimum absolute atomic E-state index is 0.429. The first-order valence-corrected chi connectivity index (χ1v) is 13.3. The highest BCUT2D eigenvalue weighted by atomic mass is 15.2. The fourth-order valence-corrected chi connectivity index (χ4v) is 6.64. The molecule has 6 rings (SSSR count). The van der Waals surface area contributed by atoms with Crippen LogP contribution in [0.3, 0.4) is 0 Å². The molecule has 1 nitrogen and oxygen atoms in total. The molecular weight excluding hydrogens is 422 g/mol. The maximum Gasteiger partial charge on any atom is 0.0572 e. The van der Waals surface area contributed by atoms with Crippen LogP contribution in [0, 0.1) is 12.8 Å². The lowest BCUT2D eigenvalue weighted by atomic mass is 9.76. The van der Waals surface area contributed by atoms with Crippen molar-refractivity contribution >= 4 is 5.69 Å². The second kappa shape index (κ2) is 9.38. The summed E-state index contributed by atoms with van der Waals surface area (Å²) in [6, 6.07) is 24.5. The molecule has 35 heavy (non-hydrogen) atoms. The van der Waals surface area contributed by atoms with Crippen molar-refractivity contribution in [1.29, 1.82) is 0 Å². The Morgan fingerprint density at radius 2 is 1.66 bits per heavy atom. The van der Waals surface area contributed by atoms with Gasteiger partial charge >= 0.3 is 0 Å². The smallest absolute Gasteiger partial charge is 0.0572 e. The van der Waals surface area contributed by atoms with Gasteiger partial charge in [-0.25, -0.2) is 0 Å². The number of hydrogen-bond donors (Lipinski definition) is 0. The maximum atomic E-state index is 4.28. The first-order chi connectivity index (χ1) is 17.2. The first kappa shape index (κ1) is 22.2. The lowest BCUT2D eigenvalue weighted by Crippen LogP contribution is -2.18. The Bertz CT molecular complexity index is 1300. The van der Waals surface area contributed by atoms with E-state index in [1.807, 2.05) is 6.20 Å². The second-order valence-corrected chi connectivity index (χ2v) is 10.5. The molecule has 0 amide bonds. The van der Waals surface area contributed by atoms with E-state index < -0.39 is 0 Å². The number of fused-ring (bicyclic) bond motifs is 3. The summed E-state index contributed by atoms with van der Waals surface area (Å²) in [7, 11) is 0. The molecule has 0 radical (unpaired) electrons. The fourth-order valence-electron chi connectivity index (χ4n) is 6.64. The topological polar surface area (TPSA) is 3.24 Å². The van der Waals surface area contributed by atoms with Crippen LogP contribution in [0.25, 0.3) is 11.1 Å². The summed E-state index contributed by atoms with van der Waals surface area (Å²) < 4.78 is 0. The van der Waals surface area contributed by atoms with Gasteiger partial charge in [0.15, 0.2) is 0 Å². The molecule has 2 aliphatic carbocycles. The van der Waals surface area contributed by atoms with Crippen molar-refractivity contribution in [2.45, 2.75) is 57.8 Å². The summed E-state index contributed by atoms with van der Waals surface area (Å²) in [5.41, 5.74) is 12.6. The molecule has 1 heteroatoms. The SMILES string of the molecule is C=CN1C2=CC=C(C3CCCCC3)CC2c2ccc(Cc3ccccc3)c(-c3ccccc3C)c21. The van der Waals surface area contributed by atoms with E-state index >= 15 is 0 Å². The van der Waals surface area contributed by atoms with E-state index in [4.69, 9.17) is 0 Å². The van der Waals surface area contributed by atoms with Crippen molar-refractivity contribution in [2.75, 3.05) is 4.90 Å². The van der Waals surface area contributed by atoms with E-state index in [1.54, 1.807) is 5.57 Å². The minimum Gasteiger partial charge on any atom is -0.320 e. The lowest BCUT2D eigenvalue weighted by molar-refractivity contribution is 0.391. The zero-order chi connectivity index (χ0) is 23.8. The molecule has 3 aliphatic rings. The molecule has 0 N–H and O–H groups in total. The fraction of sp³-hybridized carbons (Fsp3) is 0.294. The average molecular weight is 458 g/mol. The van der Waals surface area contributed by atoms with Crippen LogP contribution in [-0.4, -0.2) is 0 Å². The van der Waals surface area contributed by atoms with Gasteiger partial charge in [0, 0.05) is 23.4 Å². The molecule has 1 unspecified atom stereocenters. The Balaban J connectivity index is 1.49. The number of aryl methyl sites for hydroxylation is 1. The number of allylic oxidation sites excluding steroid dienone is 4. The van der Waals surface area contributed by atoms with Gasteiger partial charge in [0.1, 0.15) is 0 Å². The minimum atomic E-state index is 0.429. The summed E-state index contributed by atoms with van der Waals surface area (Å²) in [5, 5.41) is 0. The van der Waals surface area contributed by atoms with Crippen LogP contribution in [0.5, 0.6) is 0 Å². The molecule has 3 aromatic carbocycles. The summed E-state index contributed by atoms with van der Waals surface area (Å²) in [4.78, 5) is 2.39. The summed E-state index contributed by atoms with van der Waals surface area (Å²) in [6.07, 6.45) is 15.9. The van der Waals surface area contributed by atoms with E-state index in [9.17, 15) is 0 Å². The van der Waals surface area contributed by atoms with Crippen molar-refractivity contribution in [3.05, 3.63) is 125 Å². The quantitative estimate of drug-likeness (QED) is 0.369. The van der Waals surface area contributed by atoms with Gasteiger partial charge in [0.25, 0.3) is 0 Å². The van der Waals surface area contributed by atoms with Gasteiger partial charge in [-0.1, -0.05) is 104 Å². The molecule has 1 atom stereocenters. The molecule has 1 heterocycles. The van der Waals surface area contributed by atoms with Gasteiger partial charge in [0.05, 0.1) is 5.69 Å². The highest BCUT2D eigenvalue weighted by molar-refractivity contribution is 5.91. The van der Waals surface area contributed by atoms with Crippen LogP contribution in [0.4, 0.5) is 5.69 Å². The lowest BCUT2D eigenvalue weighted by Gasteiger charge is -2.30. The zero-order valence-corrected chi connectivity index (χ0v) is 20.8. The van der Waals surface area contributed by atoms with Gasteiger partial charge < -0.3 is 4.90 Å². The molecular formula is C34H35N. The first-order valence-electron chi connectivity index (χ1n) is 13.3. The third-order valence-corrected chi connectivity index (χ3v) is 8.42. The Hall–Kier alpha value is -3.32. The predicted octanol–water partition coefficient (Wildman–Crippen LogP) is 9.09. The summed E-state index contributed by atoms with van der Waals surface area (Å²) >= 11 is 0. The summed E-state index contributed by atoms with van der Waals surface area (Å²) in [6.45, 7) is 6.52. The maximum absolute atomic E-state index is 4.28. The number of nitrogens with zero attached hydrogens (tertiary/aromatic N) is 1. The average Bonchev–Trinajstić information content (AvgIpc) is 3.23. The highest BCUT2D eigenvalue weighted by Crippen LogP contribution is 2.54. The van der Waals surface area contributed by atoms with Crippen LogP contribution in [0.1, 0.15) is 66.7 Å². The Kier molecular flexibility index (Phi) is 5.94. The molecule has 1 aliphatic heterocycles. The van der Waals surface area contributed by atoms with Crippen LogP contribution >= 0.6 is 0 Å². The van der Waals surface area contributed by atoms with E-state index in [0.29, 0.717) is 5.92 Å². The molecule has 0 spiro atoms. The van der Waals surface area contributed by atoms with Crippen LogP contribution in [-0.2, 0) is 6.42 Å². The van der Waals surface area contributed by atoms with Gasteiger partial charge in [-0.3, -0.25) is 0 Å². The Morgan fingerprint density at radius 1 is 0.886 bits per heavy atom. The van der Waals surface area contributed by atoms with Crippen molar-refractivity contribution in [3.63, 3.8) is 0 Å². The van der Waals surface area contributed by atoms with E-state index in [1.165, 1.54) is 76.9 Å². The molecule has 3 aromatic rings. The van der Waals surface area contributed by atoms with Crippen LogP contribution in [0.2, 0.25) is 0 Å². The zero-order valence-electron chi connectivity index (χ0n) is 20.8. The standard InChI is InChI=1S/C34H35N/c1-3-35-32-21-19-27(26-15-8-5-9-16-26)23-31(32)30-20-18-28(22-25-13-6-4-7-14-25)33(34(30)35)29-17-11-10-12-24(29)2/h3-4,6-7,10-14,17-21,26,31H,1,5,8-9,15-16,22-23H2,2H3. The highest BCUT2D eigenvalue weighted by Gasteiger charge is 2.38. The third-order valence-electron chi connectivity index (χ3n) is 8.42. The third kappa shape index (κ3) is 3.97. The molecule has 1 fully saturated rings.